The summed E-state index contributed by atoms with van der Waals surface area (Å²) < 4.78 is 37.2. The van der Waals surface area contributed by atoms with E-state index in [0.717, 1.165) is 39.1 Å². The number of esters is 2. The maximum absolute atomic E-state index is 12.7. The molecule has 1 aromatic carbocycles. The van der Waals surface area contributed by atoms with Gasteiger partial charge in [-0.1, -0.05) is 0 Å². The number of hydrogen-bond donors (Lipinski definition) is 2. The Labute approximate surface area is 165 Å². The van der Waals surface area contributed by atoms with E-state index in [4.69, 9.17) is 0 Å². The average Bonchev–Trinajstić information content (AvgIpc) is 2.67. The fourth-order valence-corrected chi connectivity index (χ4v) is 4.18. The molecule has 2 rings (SSSR count). The van der Waals surface area contributed by atoms with Crippen molar-refractivity contribution in [1.82, 2.24) is 10.0 Å². The highest BCUT2D eigenvalue weighted by atomic mass is 35.5. The Morgan fingerprint density at radius 1 is 1.22 bits per heavy atom. The molecular weight excluding hydrogens is 396 g/mol. The molecule has 0 spiro atoms. The van der Waals surface area contributed by atoms with Gasteiger partial charge in [0.25, 0.3) is 0 Å². The van der Waals surface area contributed by atoms with E-state index in [-0.39, 0.29) is 35.0 Å². The van der Waals surface area contributed by atoms with Gasteiger partial charge in [-0.2, -0.15) is 0 Å². The fourth-order valence-electron chi connectivity index (χ4n) is 2.91. The van der Waals surface area contributed by atoms with E-state index in [2.05, 4.69) is 19.5 Å². The lowest BCUT2D eigenvalue weighted by Crippen LogP contribution is -2.33. The maximum Gasteiger partial charge on any atom is 0.339 e. The molecule has 1 saturated heterocycles. The quantitative estimate of drug-likeness (QED) is 0.640. The number of methoxy groups -OCH3 is 2. The van der Waals surface area contributed by atoms with Crippen molar-refractivity contribution in [2.45, 2.75) is 24.2 Å². The van der Waals surface area contributed by atoms with Gasteiger partial charge in [0.1, 0.15) is 0 Å². The summed E-state index contributed by atoms with van der Waals surface area (Å²) in [5.74, 6) is -1.07. The molecule has 8 nitrogen and oxygen atoms in total. The summed E-state index contributed by atoms with van der Waals surface area (Å²) in [5.41, 5.74) is -0.0935. The molecule has 0 radical (unpaired) electrons. The summed E-state index contributed by atoms with van der Waals surface area (Å²) in [6.45, 7) is 2.11. The first kappa shape index (κ1) is 23.4. The lowest BCUT2D eigenvalue weighted by atomic mass is 9.96. The van der Waals surface area contributed by atoms with E-state index in [1.807, 2.05) is 0 Å². The van der Waals surface area contributed by atoms with Crippen molar-refractivity contribution in [2.24, 2.45) is 5.92 Å². The molecule has 10 heteroatoms. The van der Waals surface area contributed by atoms with Crippen LogP contribution in [0.1, 0.15) is 40.0 Å². The number of piperidine rings is 1. The fraction of sp³-hybridized carbons (Fsp3) is 0.529. The van der Waals surface area contributed by atoms with E-state index < -0.39 is 22.0 Å². The van der Waals surface area contributed by atoms with Gasteiger partial charge in [-0.25, -0.2) is 22.7 Å². The topological polar surface area (TPSA) is 111 Å². The van der Waals surface area contributed by atoms with Crippen LogP contribution in [0.25, 0.3) is 0 Å². The molecule has 1 aromatic rings. The minimum absolute atomic E-state index is 0. The largest absolute Gasteiger partial charge is 0.465 e. The summed E-state index contributed by atoms with van der Waals surface area (Å²) in [6.07, 6.45) is 2.82. The van der Waals surface area contributed by atoms with Crippen molar-refractivity contribution in [2.75, 3.05) is 33.9 Å². The molecule has 1 fully saturated rings. The van der Waals surface area contributed by atoms with Crippen molar-refractivity contribution in [1.29, 1.82) is 0 Å². The van der Waals surface area contributed by atoms with Crippen LogP contribution >= 0.6 is 12.4 Å². The Bertz CT molecular complexity index is 763. The molecule has 27 heavy (non-hydrogen) atoms. The van der Waals surface area contributed by atoms with Crippen LogP contribution in [-0.2, 0) is 19.5 Å². The van der Waals surface area contributed by atoms with Crippen molar-refractivity contribution < 1.29 is 27.5 Å². The number of sulfonamides is 1. The lowest BCUT2D eigenvalue weighted by molar-refractivity contribution is 0.0583. The molecule has 1 unspecified atom stereocenters. The van der Waals surface area contributed by atoms with Gasteiger partial charge in [0.15, 0.2) is 0 Å². The highest BCUT2D eigenvalue weighted by Gasteiger charge is 2.25. The van der Waals surface area contributed by atoms with Crippen LogP contribution in [0.3, 0.4) is 0 Å². The standard InChI is InChI=1S/C17H24N2O6S.ClH/c1-24-16(20)13-5-6-14(17(21)25-2)15(10-13)26(22,23)19-9-7-12-4-3-8-18-11-12;/h5-6,10,12,18-19H,3-4,7-9,11H2,1-2H3;1H. The van der Waals surface area contributed by atoms with Gasteiger partial charge in [0, 0.05) is 6.54 Å². The van der Waals surface area contributed by atoms with E-state index >= 15 is 0 Å². The van der Waals surface area contributed by atoms with Crippen molar-refractivity contribution in [3.8, 4) is 0 Å². The Hall–Kier alpha value is -1.68. The summed E-state index contributed by atoms with van der Waals surface area (Å²) in [6, 6.07) is 3.70. The smallest absolute Gasteiger partial charge is 0.339 e. The molecule has 1 atom stereocenters. The van der Waals surface area contributed by atoms with Crippen LogP contribution < -0.4 is 10.0 Å². The number of rotatable bonds is 7. The van der Waals surface area contributed by atoms with Gasteiger partial charge in [0.05, 0.1) is 30.2 Å². The second-order valence-electron chi connectivity index (χ2n) is 6.09. The molecule has 1 heterocycles. The molecule has 0 amide bonds. The Kier molecular flexibility index (Phi) is 9.17. The molecule has 1 aliphatic rings. The first-order valence-corrected chi connectivity index (χ1v) is 9.88. The SMILES string of the molecule is COC(=O)c1ccc(C(=O)OC)c(S(=O)(=O)NCCC2CCCNC2)c1.Cl. The highest BCUT2D eigenvalue weighted by molar-refractivity contribution is 7.89. The highest BCUT2D eigenvalue weighted by Crippen LogP contribution is 2.20. The number of nitrogens with one attached hydrogen (secondary N) is 2. The minimum atomic E-state index is -3.99. The van der Waals surface area contributed by atoms with Crippen molar-refractivity contribution in [3.63, 3.8) is 0 Å². The minimum Gasteiger partial charge on any atom is -0.465 e. The van der Waals surface area contributed by atoms with E-state index in [1.165, 1.54) is 19.2 Å². The predicted octanol–water partition coefficient (Wildman–Crippen LogP) is 1.35. The molecule has 0 bridgehead atoms. The van der Waals surface area contributed by atoms with Crippen LogP contribution in [0.15, 0.2) is 23.1 Å². The second-order valence-corrected chi connectivity index (χ2v) is 7.83. The summed E-state index contributed by atoms with van der Waals surface area (Å²) in [7, 11) is -1.63. The number of ether oxygens (including phenoxy) is 2. The third-order valence-electron chi connectivity index (χ3n) is 4.34. The zero-order chi connectivity index (χ0) is 19.2. The Balaban J connectivity index is 0.00000364. The van der Waals surface area contributed by atoms with E-state index in [9.17, 15) is 18.0 Å². The lowest BCUT2D eigenvalue weighted by Gasteiger charge is -2.22. The number of carbonyl (C=O) groups excluding carboxylic acids is 2. The summed E-state index contributed by atoms with van der Waals surface area (Å²) in [4.78, 5) is 23.3. The monoisotopic (exact) mass is 420 g/mol. The van der Waals surface area contributed by atoms with Gasteiger partial charge in [-0.05, 0) is 56.5 Å². The molecule has 2 N–H and O–H groups in total. The zero-order valence-corrected chi connectivity index (χ0v) is 17.0. The Morgan fingerprint density at radius 2 is 1.93 bits per heavy atom. The molecular formula is C17H25ClN2O6S. The van der Waals surface area contributed by atoms with E-state index in [1.54, 1.807) is 0 Å². The average molecular weight is 421 g/mol. The normalized spacial score (nSPS) is 16.9. The van der Waals surface area contributed by atoms with Crippen LogP contribution in [0.4, 0.5) is 0 Å². The van der Waals surface area contributed by atoms with Gasteiger partial charge in [-0.3, -0.25) is 0 Å². The molecule has 0 saturated carbocycles. The van der Waals surface area contributed by atoms with Gasteiger partial charge >= 0.3 is 11.9 Å². The molecule has 1 aliphatic heterocycles. The molecule has 0 aromatic heterocycles. The molecule has 152 valence electrons. The van der Waals surface area contributed by atoms with Gasteiger partial charge in [-0.15, -0.1) is 12.4 Å². The predicted molar refractivity (Wildman–Crippen MR) is 102 cm³/mol. The number of hydrogen-bond acceptors (Lipinski definition) is 7. The number of carbonyl (C=O) groups is 2. The number of halogens is 1. The first-order chi connectivity index (χ1) is 12.4. The van der Waals surface area contributed by atoms with Crippen LogP contribution in [0.5, 0.6) is 0 Å². The summed E-state index contributed by atoms with van der Waals surface area (Å²) >= 11 is 0. The van der Waals surface area contributed by atoms with Crippen molar-refractivity contribution in [3.05, 3.63) is 29.3 Å². The first-order valence-electron chi connectivity index (χ1n) is 8.40. The van der Waals surface area contributed by atoms with Crippen molar-refractivity contribution >= 4 is 34.4 Å². The zero-order valence-electron chi connectivity index (χ0n) is 15.3. The maximum atomic E-state index is 12.7. The van der Waals surface area contributed by atoms with Crippen LogP contribution in [0.2, 0.25) is 0 Å². The third kappa shape index (κ3) is 6.17. The van der Waals surface area contributed by atoms with Crippen LogP contribution in [-0.4, -0.2) is 54.2 Å². The van der Waals surface area contributed by atoms with Gasteiger partial charge < -0.3 is 14.8 Å². The number of benzene rings is 1. The van der Waals surface area contributed by atoms with Gasteiger partial charge in [0.2, 0.25) is 10.0 Å². The Morgan fingerprint density at radius 3 is 2.52 bits per heavy atom. The second kappa shape index (κ2) is 10.6. The van der Waals surface area contributed by atoms with Crippen LogP contribution in [0, 0.1) is 5.92 Å². The molecule has 0 aliphatic carbocycles. The van der Waals surface area contributed by atoms with E-state index in [0.29, 0.717) is 12.3 Å². The third-order valence-corrected chi connectivity index (χ3v) is 5.84. The summed E-state index contributed by atoms with van der Waals surface area (Å²) in [5, 5.41) is 3.28.